The predicted octanol–water partition coefficient (Wildman–Crippen LogP) is 1.92. The van der Waals surface area contributed by atoms with Crippen LogP contribution in [0.15, 0.2) is 24.4 Å². The molecule has 2 N–H and O–H groups in total. The standard InChI is InChI=1S/C16H19FN2O3/c1-16(2)9-19(7-10(8-20)22-16)15(21)11-6-18-13-5-3-4-12(17)14(11)13/h3-6,10,18,20H,7-9H2,1-2H3. The molecule has 1 aliphatic heterocycles. The third-order valence-electron chi connectivity index (χ3n) is 3.86. The van der Waals surface area contributed by atoms with Crippen LogP contribution in [-0.4, -0.2) is 52.3 Å². The Morgan fingerprint density at radius 3 is 3.05 bits per heavy atom. The summed E-state index contributed by atoms with van der Waals surface area (Å²) < 4.78 is 19.8. The second kappa shape index (κ2) is 5.37. The number of halogens is 1. The maximum absolute atomic E-state index is 14.0. The molecule has 2 aromatic rings. The van der Waals surface area contributed by atoms with Gasteiger partial charge in [-0.15, -0.1) is 0 Å². The number of aromatic amines is 1. The number of carbonyl (C=O) groups excluding carboxylic acids is 1. The van der Waals surface area contributed by atoms with E-state index in [0.717, 1.165) is 0 Å². The molecule has 22 heavy (non-hydrogen) atoms. The van der Waals surface area contributed by atoms with E-state index in [1.54, 1.807) is 17.0 Å². The molecule has 1 atom stereocenters. The van der Waals surface area contributed by atoms with Crippen molar-refractivity contribution in [3.63, 3.8) is 0 Å². The first-order valence-corrected chi connectivity index (χ1v) is 7.25. The summed E-state index contributed by atoms with van der Waals surface area (Å²) in [6.07, 6.45) is 1.11. The topological polar surface area (TPSA) is 65.6 Å². The van der Waals surface area contributed by atoms with Gasteiger partial charge >= 0.3 is 0 Å². The summed E-state index contributed by atoms with van der Waals surface area (Å²) in [5.74, 6) is -0.681. The minimum atomic E-state index is -0.550. The average Bonchev–Trinajstić information content (AvgIpc) is 2.90. The van der Waals surface area contributed by atoms with Crippen LogP contribution in [0.3, 0.4) is 0 Å². The molecule has 0 saturated carbocycles. The third-order valence-corrected chi connectivity index (χ3v) is 3.86. The van der Waals surface area contributed by atoms with Crippen molar-refractivity contribution in [2.24, 2.45) is 0 Å². The van der Waals surface area contributed by atoms with Gasteiger partial charge in [-0.25, -0.2) is 4.39 Å². The molecular formula is C16H19FN2O3. The van der Waals surface area contributed by atoms with Gasteiger partial charge in [0.05, 0.1) is 23.9 Å². The Morgan fingerprint density at radius 1 is 1.55 bits per heavy atom. The van der Waals surface area contributed by atoms with Crippen LogP contribution in [0.1, 0.15) is 24.2 Å². The zero-order valence-corrected chi connectivity index (χ0v) is 12.6. The molecule has 0 spiro atoms. The predicted molar refractivity (Wildman–Crippen MR) is 80.2 cm³/mol. The largest absolute Gasteiger partial charge is 0.394 e. The smallest absolute Gasteiger partial charge is 0.256 e. The number of aliphatic hydroxyl groups excluding tert-OH is 1. The highest BCUT2D eigenvalue weighted by Gasteiger charge is 2.36. The van der Waals surface area contributed by atoms with Gasteiger partial charge in [0.25, 0.3) is 5.91 Å². The van der Waals surface area contributed by atoms with Gasteiger partial charge in [-0.1, -0.05) is 6.07 Å². The first kappa shape index (κ1) is 15.0. The Bertz CT molecular complexity index is 710. The van der Waals surface area contributed by atoms with E-state index < -0.39 is 17.5 Å². The number of morpholine rings is 1. The van der Waals surface area contributed by atoms with Crippen molar-refractivity contribution in [2.75, 3.05) is 19.7 Å². The van der Waals surface area contributed by atoms with Crippen LogP contribution in [0.5, 0.6) is 0 Å². The van der Waals surface area contributed by atoms with Crippen molar-refractivity contribution in [2.45, 2.75) is 25.6 Å². The lowest BCUT2D eigenvalue weighted by molar-refractivity contribution is -0.139. The lowest BCUT2D eigenvalue weighted by atomic mass is 10.0. The molecule has 0 radical (unpaired) electrons. The maximum Gasteiger partial charge on any atom is 0.256 e. The van der Waals surface area contributed by atoms with E-state index in [1.165, 1.54) is 12.3 Å². The normalized spacial score (nSPS) is 21.3. The number of ether oxygens (including phenoxy) is 1. The van der Waals surface area contributed by atoms with Crippen molar-refractivity contribution in [3.8, 4) is 0 Å². The minimum absolute atomic E-state index is 0.157. The summed E-state index contributed by atoms with van der Waals surface area (Å²) in [5, 5.41) is 9.64. The number of hydrogen-bond donors (Lipinski definition) is 2. The number of nitrogens with zero attached hydrogens (tertiary/aromatic N) is 1. The number of amides is 1. The van der Waals surface area contributed by atoms with Crippen LogP contribution < -0.4 is 0 Å². The maximum atomic E-state index is 14.0. The van der Waals surface area contributed by atoms with Crippen LogP contribution >= 0.6 is 0 Å². The third kappa shape index (κ3) is 2.60. The zero-order valence-electron chi connectivity index (χ0n) is 12.6. The summed E-state index contributed by atoms with van der Waals surface area (Å²) >= 11 is 0. The van der Waals surface area contributed by atoms with E-state index in [2.05, 4.69) is 4.98 Å². The quantitative estimate of drug-likeness (QED) is 0.891. The number of H-pyrrole nitrogens is 1. The highest BCUT2D eigenvalue weighted by Crippen LogP contribution is 2.26. The van der Waals surface area contributed by atoms with E-state index in [-0.39, 0.29) is 12.5 Å². The number of hydrogen-bond acceptors (Lipinski definition) is 3. The van der Waals surface area contributed by atoms with E-state index in [1.807, 2.05) is 13.8 Å². The fourth-order valence-corrected chi connectivity index (χ4v) is 3.02. The highest BCUT2D eigenvalue weighted by atomic mass is 19.1. The van der Waals surface area contributed by atoms with Crippen molar-refractivity contribution in [1.82, 2.24) is 9.88 Å². The van der Waals surface area contributed by atoms with E-state index in [0.29, 0.717) is 29.6 Å². The molecule has 1 amide bonds. The van der Waals surface area contributed by atoms with Crippen LogP contribution in [0.25, 0.3) is 10.9 Å². The molecule has 1 aromatic heterocycles. The SMILES string of the molecule is CC1(C)CN(C(=O)c2c[nH]c3cccc(F)c23)CC(CO)O1. The van der Waals surface area contributed by atoms with Crippen LogP contribution in [-0.2, 0) is 4.74 Å². The second-order valence-corrected chi connectivity index (χ2v) is 6.23. The Morgan fingerprint density at radius 2 is 2.32 bits per heavy atom. The Balaban J connectivity index is 1.95. The van der Waals surface area contributed by atoms with Gasteiger partial charge in [-0.05, 0) is 26.0 Å². The van der Waals surface area contributed by atoms with Crippen molar-refractivity contribution in [3.05, 3.63) is 35.8 Å². The van der Waals surface area contributed by atoms with Gasteiger partial charge in [-0.3, -0.25) is 4.79 Å². The zero-order chi connectivity index (χ0) is 15.9. The number of carbonyl (C=O) groups is 1. The summed E-state index contributed by atoms with van der Waals surface area (Å²) in [7, 11) is 0. The van der Waals surface area contributed by atoms with Gasteiger partial charge in [0, 0.05) is 30.2 Å². The number of fused-ring (bicyclic) bond motifs is 1. The lowest BCUT2D eigenvalue weighted by Crippen LogP contribution is -2.55. The highest BCUT2D eigenvalue weighted by molar-refractivity contribution is 6.07. The molecule has 1 aromatic carbocycles. The summed E-state index contributed by atoms with van der Waals surface area (Å²) in [4.78, 5) is 17.3. The fraction of sp³-hybridized carbons (Fsp3) is 0.438. The lowest BCUT2D eigenvalue weighted by Gasteiger charge is -2.42. The number of benzene rings is 1. The molecule has 1 aliphatic rings. The number of nitrogens with one attached hydrogen (secondary N) is 1. The monoisotopic (exact) mass is 306 g/mol. The Hall–Kier alpha value is -1.92. The second-order valence-electron chi connectivity index (χ2n) is 6.23. The molecular weight excluding hydrogens is 287 g/mol. The molecule has 1 saturated heterocycles. The minimum Gasteiger partial charge on any atom is -0.394 e. The number of aliphatic hydroxyl groups is 1. The fourth-order valence-electron chi connectivity index (χ4n) is 3.02. The van der Waals surface area contributed by atoms with E-state index in [9.17, 15) is 14.3 Å². The van der Waals surface area contributed by atoms with Gasteiger partial charge in [0.2, 0.25) is 0 Å². The van der Waals surface area contributed by atoms with Gasteiger partial charge in [0.15, 0.2) is 0 Å². The van der Waals surface area contributed by atoms with Crippen molar-refractivity contribution in [1.29, 1.82) is 0 Å². The Kier molecular flexibility index (Phi) is 3.66. The van der Waals surface area contributed by atoms with E-state index >= 15 is 0 Å². The number of rotatable bonds is 2. The van der Waals surface area contributed by atoms with E-state index in [4.69, 9.17) is 4.74 Å². The molecule has 1 unspecified atom stereocenters. The molecule has 0 aliphatic carbocycles. The van der Waals surface area contributed by atoms with Crippen LogP contribution in [0.2, 0.25) is 0 Å². The van der Waals surface area contributed by atoms with Crippen LogP contribution in [0, 0.1) is 5.82 Å². The average molecular weight is 306 g/mol. The first-order chi connectivity index (χ1) is 10.4. The number of aromatic nitrogens is 1. The van der Waals surface area contributed by atoms with Crippen molar-refractivity contribution < 1.29 is 19.0 Å². The van der Waals surface area contributed by atoms with Crippen LogP contribution in [0.4, 0.5) is 4.39 Å². The molecule has 1 fully saturated rings. The molecule has 6 heteroatoms. The molecule has 118 valence electrons. The Labute approximate surface area is 127 Å². The first-order valence-electron chi connectivity index (χ1n) is 7.25. The molecule has 2 heterocycles. The summed E-state index contributed by atoms with van der Waals surface area (Å²) in [6.45, 7) is 4.26. The van der Waals surface area contributed by atoms with Crippen molar-refractivity contribution >= 4 is 16.8 Å². The van der Waals surface area contributed by atoms with Gasteiger partial charge in [0.1, 0.15) is 5.82 Å². The molecule has 5 nitrogen and oxygen atoms in total. The van der Waals surface area contributed by atoms with Gasteiger partial charge in [-0.2, -0.15) is 0 Å². The molecule has 3 rings (SSSR count). The summed E-state index contributed by atoms with van der Waals surface area (Å²) in [5.41, 5.74) is 0.350. The molecule has 0 bridgehead atoms. The van der Waals surface area contributed by atoms with Gasteiger partial charge < -0.3 is 19.7 Å². The summed E-state index contributed by atoms with van der Waals surface area (Å²) in [6, 6.07) is 4.67.